The molecule has 42 heavy (non-hydrogen) atoms. The van der Waals surface area contributed by atoms with Crippen molar-refractivity contribution < 1.29 is 4.92 Å². The molecule has 2 aromatic heterocycles. The van der Waals surface area contributed by atoms with Gasteiger partial charge in [0.25, 0.3) is 5.69 Å². The fourth-order valence-electron chi connectivity index (χ4n) is 5.49. The fourth-order valence-corrected chi connectivity index (χ4v) is 7.11. The molecule has 3 heterocycles. The Hall–Kier alpha value is -3.99. The maximum Gasteiger partial charge on any atom is 0.269 e. The maximum absolute atomic E-state index is 11.0. The Morgan fingerprint density at radius 3 is 2.26 bits per heavy atom. The van der Waals surface area contributed by atoms with E-state index >= 15 is 0 Å². The largest absolute Gasteiger partial charge is 0.351 e. The highest BCUT2D eigenvalue weighted by Gasteiger charge is 2.42. The van der Waals surface area contributed by atoms with Crippen LogP contribution in [0.25, 0.3) is 5.69 Å². The van der Waals surface area contributed by atoms with E-state index in [1.165, 1.54) is 12.1 Å². The number of nitrogens with zero attached hydrogens (tertiary/aromatic N) is 4. The summed E-state index contributed by atoms with van der Waals surface area (Å²) >= 11 is 11.2. The molecule has 0 saturated carbocycles. The number of hydrogen-bond acceptors (Lipinski definition) is 5. The Bertz CT molecular complexity index is 1780. The van der Waals surface area contributed by atoms with Crippen molar-refractivity contribution in [2.45, 2.75) is 35.7 Å². The summed E-state index contributed by atoms with van der Waals surface area (Å²) in [6.45, 7) is 4.28. The van der Waals surface area contributed by atoms with Gasteiger partial charge in [0.15, 0.2) is 5.11 Å². The van der Waals surface area contributed by atoms with E-state index in [9.17, 15) is 10.1 Å². The van der Waals surface area contributed by atoms with Crippen LogP contribution in [-0.2, 0) is 0 Å². The number of nitro benzene ring substituents is 1. The predicted octanol–water partition coefficient (Wildman–Crippen LogP) is 8.49. The summed E-state index contributed by atoms with van der Waals surface area (Å²) < 4.78 is 3.30. The number of halogens is 1. The number of rotatable bonds is 7. The molecule has 0 spiro atoms. The van der Waals surface area contributed by atoms with Crippen LogP contribution in [0.15, 0.2) is 118 Å². The maximum atomic E-state index is 11.0. The van der Waals surface area contributed by atoms with Crippen LogP contribution in [0.5, 0.6) is 0 Å². The van der Waals surface area contributed by atoms with Crippen molar-refractivity contribution in [2.24, 2.45) is 0 Å². The number of hydrogen-bond donors (Lipinski definition) is 1. The minimum absolute atomic E-state index is 0.0808. The highest BCUT2D eigenvalue weighted by Crippen LogP contribution is 2.44. The molecule has 5 aromatic rings. The molecule has 1 saturated heterocycles. The summed E-state index contributed by atoms with van der Waals surface area (Å²) in [6.07, 6.45) is 1.81. The van der Waals surface area contributed by atoms with Crippen LogP contribution in [0.4, 0.5) is 11.4 Å². The number of aromatic nitrogens is 2. The molecule has 0 unspecified atom stereocenters. The minimum Gasteiger partial charge on any atom is -0.351 e. The predicted molar refractivity (Wildman–Crippen MR) is 175 cm³/mol. The monoisotopic (exact) mass is 655 g/mol. The lowest BCUT2D eigenvalue weighted by Crippen LogP contribution is -2.29. The number of thiocarbonyl (C=S) groups is 1. The summed E-state index contributed by atoms with van der Waals surface area (Å²) in [5, 5.41) is 15.2. The van der Waals surface area contributed by atoms with Gasteiger partial charge in [-0.15, -0.1) is 0 Å². The molecule has 6 rings (SSSR count). The van der Waals surface area contributed by atoms with E-state index in [0.29, 0.717) is 5.11 Å². The number of nitro groups is 1. The number of para-hydroxylation sites is 1. The van der Waals surface area contributed by atoms with Gasteiger partial charge in [-0.25, -0.2) is 0 Å². The number of anilines is 1. The highest BCUT2D eigenvalue weighted by atomic mass is 79.9. The van der Waals surface area contributed by atoms with Gasteiger partial charge in [0.2, 0.25) is 0 Å². The molecule has 1 N–H and O–H groups in total. The lowest BCUT2D eigenvalue weighted by atomic mass is 9.96. The first-order chi connectivity index (χ1) is 20.3. The standard InChI is InChI=1S/C32H26BrN5O2S2/c1-20-19-26(21(2)36(20)29-9-4-3-7-27(29)33)31-30(28-8-5-6-18-34-28)35-32(41)37(31)22-10-14-24(15-11-22)42-25-16-12-23(13-17-25)38(39)40/h3-19,30-31H,1-2H3,(H,35,41)/t30-,31+/m0/s1. The summed E-state index contributed by atoms with van der Waals surface area (Å²) in [4.78, 5) is 19.4. The van der Waals surface area contributed by atoms with E-state index in [4.69, 9.17) is 17.2 Å². The van der Waals surface area contributed by atoms with E-state index in [1.807, 2.05) is 36.5 Å². The second-order valence-corrected chi connectivity index (χ2v) is 12.3. The van der Waals surface area contributed by atoms with Crippen molar-refractivity contribution in [3.8, 4) is 5.69 Å². The number of benzene rings is 3. The molecule has 3 aromatic carbocycles. The van der Waals surface area contributed by atoms with Crippen molar-refractivity contribution in [3.05, 3.63) is 140 Å². The first-order valence-electron chi connectivity index (χ1n) is 13.3. The van der Waals surface area contributed by atoms with Crippen LogP contribution in [0.2, 0.25) is 0 Å². The molecular formula is C32H26BrN5O2S2. The van der Waals surface area contributed by atoms with Gasteiger partial charge in [-0.2, -0.15) is 0 Å². The van der Waals surface area contributed by atoms with Crippen LogP contribution < -0.4 is 10.2 Å². The number of aryl methyl sites for hydroxylation is 1. The average Bonchev–Trinajstić information content (AvgIpc) is 3.49. The van der Waals surface area contributed by atoms with Gasteiger partial charge < -0.3 is 14.8 Å². The number of pyridine rings is 1. The van der Waals surface area contributed by atoms with Gasteiger partial charge in [-0.1, -0.05) is 30.0 Å². The Labute approximate surface area is 261 Å². The van der Waals surface area contributed by atoms with Crippen molar-refractivity contribution in [1.82, 2.24) is 14.9 Å². The molecule has 0 amide bonds. The molecule has 0 aliphatic carbocycles. The molecular weight excluding hydrogens is 630 g/mol. The third kappa shape index (κ3) is 5.33. The zero-order valence-electron chi connectivity index (χ0n) is 22.8. The van der Waals surface area contributed by atoms with E-state index < -0.39 is 0 Å². The van der Waals surface area contributed by atoms with Crippen LogP contribution in [0.1, 0.15) is 34.7 Å². The van der Waals surface area contributed by atoms with Gasteiger partial charge in [0.1, 0.15) is 0 Å². The van der Waals surface area contributed by atoms with Crippen molar-refractivity contribution in [2.75, 3.05) is 4.90 Å². The molecule has 1 fully saturated rings. The van der Waals surface area contributed by atoms with E-state index in [1.54, 1.807) is 23.9 Å². The minimum atomic E-state index is -0.388. The Kier molecular flexibility index (Phi) is 7.85. The summed E-state index contributed by atoms with van der Waals surface area (Å²) in [5.74, 6) is 0. The lowest BCUT2D eigenvalue weighted by molar-refractivity contribution is -0.384. The van der Waals surface area contributed by atoms with Crippen LogP contribution >= 0.6 is 39.9 Å². The van der Waals surface area contributed by atoms with Gasteiger partial charge in [-0.05, 0) is 114 Å². The fraction of sp³-hybridized carbons (Fsp3) is 0.125. The Morgan fingerprint density at radius 1 is 0.952 bits per heavy atom. The summed E-state index contributed by atoms with van der Waals surface area (Å²) in [6, 6.07) is 31.0. The Balaban J connectivity index is 1.38. The third-order valence-electron chi connectivity index (χ3n) is 7.38. The molecule has 1 aliphatic rings. The van der Waals surface area contributed by atoms with Gasteiger partial charge in [0, 0.05) is 49.7 Å². The zero-order chi connectivity index (χ0) is 29.4. The summed E-state index contributed by atoms with van der Waals surface area (Å²) in [7, 11) is 0. The van der Waals surface area contributed by atoms with Gasteiger partial charge in [0.05, 0.1) is 28.4 Å². The molecule has 10 heteroatoms. The van der Waals surface area contributed by atoms with Crippen molar-refractivity contribution in [3.63, 3.8) is 0 Å². The van der Waals surface area contributed by atoms with E-state index in [-0.39, 0.29) is 22.7 Å². The van der Waals surface area contributed by atoms with E-state index in [0.717, 1.165) is 48.3 Å². The molecule has 1 aliphatic heterocycles. The second kappa shape index (κ2) is 11.7. The molecule has 0 bridgehead atoms. The first-order valence-corrected chi connectivity index (χ1v) is 15.3. The number of non-ortho nitro benzene ring substituents is 1. The quantitative estimate of drug-likeness (QED) is 0.107. The molecule has 7 nitrogen and oxygen atoms in total. The van der Waals surface area contributed by atoms with Gasteiger partial charge in [-0.3, -0.25) is 15.1 Å². The normalized spacial score (nSPS) is 16.5. The number of nitrogens with one attached hydrogen (secondary N) is 1. The van der Waals surface area contributed by atoms with Crippen LogP contribution in [-0.4, -0.2) is 19.6 Å². The van der Waals surface area contributed by atoms with Crippen molar-refractivity contribution >= 4 is 56.4 Å². The SMILES string of the molecule is Cc1cc([C@@H]2[C@H](c3ccccn3)NC(=S)N2c2ccc(Sc3ccc([N+](=O)[O-])cc3)cc2)c(C)n1-c1ccccc1Br. The smallest absolute Gasteiger partial charge is 0.269 e. The summed E-state index contributed by atoms with van der Waals surface area (Å²) in [5.41, 5.74) is 6.47. The topological polar surface area (TPSA) is 76.2 Å². The second-order valence-electron chi connectivity index (χ2n) is 9.96. The molecule has 0 radical (unpaired) electrons. The van der Waals surface area contributed by atoms with Gasteiger partial charge >= 0.3 is 0 Å². The third-order valence-corrected chi connectivity index (χ3v) is 9.38. The lowest BCUT2D eigenvalue weighted by Gasteiger charge is -2.28. The zero-order valence-corrected chi connectivity index (χ0v) is 26.0. The van der Waals surface area contributed by atoms with Crippen LogP contribution in [0.3, 0.4) is 0 Å². The Morgan fingerprint density at radius 2 is 1.62 bits per heavy atom. The van der Waals surface area contributed by atoms with Crippen molar-refractivity contribution in [1.29, 1.82) is 0 Å². The van der Waals surface area contributed by atoms with Crippen LogP contribution in [0, 0.1) is 24.0 Å². The molecule has 2 atom stereocenters. The first kappa shape index (κ1) is 28.1. The highest BCUT2D eigenvalue weighted by molar-refractivity contribution is 9.10. The molecule has 210 valence electrons. The van der Waals surface area contributed by atoms with E-state index in [2.05, 4.69) is 87.0 Å². The average molecular weight is 657 g/mol.